The molecule has 1 atom stereocenters. The molecule has 1 aromatic heterocycles. The van der Waals surface area contributed by atoms with Crippen molar-refractivity contribution in [3.8, 4) is 17.2 Å². The monoisotopic (exact) mass is 345 g/mol. The Kier molecular flexibility index (Phi) is 6.28. The van der Waals surface area contributed by atoms with Gasteiger partial charge in [0.25, 0.3) is 5.89 Å². The van der Waals surface area contributed by atoms with Gasteiger partial charge in [0.2, 0.25) is 0 Å². The number of aromatic nitrogens is 2. The van der Waals surface area contributed by atoms with Crippen molar-refractivity contribution in [3.63, 3.8) is 0 Å². The number of benzene rings is 1. The highest BCUT2D eigenvalue weighted by Crippen LogP contribution is 2.30. The van der Waals surface area contributed by atoms with Crippen molar-refractivity contribution in [2.24, 2.45) is 0 Å². The van der Waals surface area contributed by atoms with Crippen LogP contribution in [0.1, 0.15) is 39.0 Å². The fourth-order valence-electron chi connectivity index (χ4n) is 2.98. The van der Waals surface area contributed by atoms with Gasteiger partial charge in [-0.15, -0.1) is 5.10 Å². The third kappa shape index (κ3) is 4.72. The van der Waals surface area contributed by atoms with Crippen LogP contribution in [-0.2, 0) is 4.74 Å². The molecule has 6 heteroatoms. The van der Waals surface area contributed by atoms with E-state index in [9.17, 15) is 0 Å². The zero-order valence-electron chi connectivity index (χ0n) is 15.1. The van der Waals surface area contributed by atoms with E-state index in [1.807, 2.05) is 36.2 Å². The molecule has 25 heavy (non-hydrogen) atoms. The van der Waals surface area contributed by atoms with Crippen LogP contribution in [0.2, 0.25) is 0 Å². The van der Waals surface area contributed by atoms with Crippen molar-refractivity contribution < 1.29 is 13.9 Å². The molecule has 1 aliphatic rings. The lowest BCUT2D eigenvalue weighted by molar-refractivity contribution is 0.103. The molecule has 0 aliphatic carbocycles. The maximum atomic E-state index is 5.87. The van der Waals surface area contributed by atoms with Gasteiger partial charge >= 0.3 is 6.01 Å². The van der Waals surface area contributed by atoms with E-state index in [1.165, 1.54) is 12.8 Å². The lowest BCUT2D eigenvalue weighted by Crippen LogP contribution is -2.20. The maximum absolute atomic E-state index is 5.87. The highest BCUT2D eigenvalue weighted by atomic mass is 16.5. The molecule has 0 bridgehead atoms. The third-order valence-electron chi connectivity index (χ3n) is 4.36. The van der Waals surface area contributed by atoms with E-state index >= 15 is 0 Å². The first kappa shape index (κ1) is 17.7. The van der Waals surface area contributed by atoms with Crippen LogP contribution in [0.25, 0.3) is 11.5 Å². The average molecular weight is 345 g/mol. The maximum Gasteiger partial charge on any atom is 0.318 e. The molecule has 1 aliphatic heterocycles. The quantitative estimate of drug-likeness (QED) is 0.686. The second-order valence-corrected chi connectivity index (χ2v) is 6.43. The molecule has 1 aromatic carbocycles. The second-order valence-electron chi connectivity index (χ2n) is 6.43. The molecule has 2 aromatic rings. The summed E-state index contributed by atoms with van der Waals surface area (Å²) in [4.78, 5) is 2.00. The molecule has 0 radical (unpaired) electrons. The van der Waals surface area contributed by atoms with Crippen molar-refractivity contribution in [2.45, 2.75) is 45.1 Å². The summed E-state index contributed by atoms with van der Waals surface area (Å²) >= 11 is 0. The lowest BCUT2D eigenvalue weighted by atomic mass is 10.1. The van der Waals surface area contributed by atoms with Crippen molar-refractivity contribution in [1.29, 1.82) is 0 Å². The van der Waals surface area contributed by atoms with Gasteiger partial charge in [-0.05, 0) is 44.2 Å². The van der Waals surface area contributed by atoms with Gasteiger partial charge < -0.3 is 18.8 Å². The van der Waals surface area contributed by atoms with Gasteiger partial charge in [0.05, 0.1) is 18.3 Å². The van der Waals surface area contributed by atoms with Crippen LogP contribution in [-0.4, -0.2) is 43.1 Å². The summed E-state index contributed by atoms with van der Waals surface area (Å²) in [6.07, 6.45) is 5.88. The molecule has 1 saturated heterocycles. The number of para-hydroxylation sites is 1. The number of anilines is 1. The zero-order valence-corrected chi connectivity index (χ0v) is 15.1. The first-order valence-corrected chi connectivity index (χ1v) is 9.16. The Morgan fingerprint density at radius 2 is 2.16 bits per heavy atom. The van der Waals surface area contributed by atoms with Gasteiger partial charge in [-0.2, -0.15) is 0 Å². The molecular formula is C19H27N3O3. The fourth-order valence-corrected chi connectivity index (χ4v) is 2.98. The van der Waals surface area contributed by atoms with Crippen LogP contribution in [0.15, 0.2) is 28.7 Å². The van der Waals surface area contributed by atoms with E-state index < -0.39 is 0 Å². The van der Waals surface area contributed by atoms with E-state index in [-0.39, 0.29) is 0 Å². The number of rotatable bonds is 9. The Hall–Kier alpha value is -2.08. The topological polar surface area (TPSA) is 60.6 Å². The fraction of sp³-hybridized carbons (Fsp3) is 0.579. The molecule has 0 N–H and O–H groups in total. The van der Waals surface area contributed by atoms with Gasteiger partial charge in [-0.3, -0.25) is 0 Å². The van der Waals surface area contributed by atoms with Crippen LogP contribution < -0.4 is 9.64 Å². The lowest BCUT2D eigenvalue weighted by Gasteiger charge is -2.15. The van der Waals surface area contributed by atoms with Crippen LogP contribution >= 0.6 is 0 Å². The number of hydrogen-bond donors (Lipinski definition) is 0. The Bertz CT molecular complexity index is 653. The largest absolute Gasteiger partial charge is 0.493 e. The van der Waals surface area contributed by atoms with Gasteiger partial charge in [0, 0.05) is 20.2 Å². The van der Waals surface area contributed by atoms with Gasteiger partial charge in [-0.25, -0.2) is 0 Å². The first-order valence-electron chi connectivity index (χ1n) is 9.16. The molecular weight excluding hydrogens is 318 g/mol. The summed E-state index contributed by atoms with van der Waals surface area (Å²) in [7, 11) is 1.98. The smallest absolute Gasteiger partial charge is 0.318 e. The van der Waals surface area contributed by atoms with Crippen LogP contribution in [0.5, 0.6) is 5.75 Å². The molecule has 6 nitrogen and oxygen atoms in total. The first-order chi connectivity index (χ1) is 12.3. The molecule has 0 amide bonds. The Morgan fingerprint density at radius 1 is 1.28 bits per heavy atom. The van der Waals surface area contributed by atoms with E-state index in [4.69, 9.17) is 13.9 Å². The Morgan fingerprint density at radius 3 is 2.96 bits per heavy atom. The Balaban J connectivity index is 1.59. The highest BCUT2D eigenvalue weighted by molar-refractivity contribution is 5.62. The standard InChI is InChI=1S/C19H27N3O3/c1-3-13-24-17-11-5-4-10-16(17)18-20-21-19(25-18)22(2)12-6-8-15-9-7-14-23-15/h4-5,10-11,15H,3,6-9,12-14H2,1-2H3. The highest BCUT2D eigenvalue weighted by Gasteiger charge is 2.18. The molecule has 1 unspecified atom stereocenters. The minimum atomic E-state index is 0.425. The van der Waals surface area contributed by atoms with Crippen molar-refractivity contribution in [2.75, 3.05) is 31.7 Å². The molecule has 2 heterocycles. The van der Waals surface area contributed by atoms with Crippen molar-refractivity contribution >= 4 is 6.01 Å². The molecule has 0 spiro atoms. The number of ether oxygens (including phenoxy) is 2. The summed E-state index contributed by atoms with van der Waals surface area (Å²) in [6.45, 7) is 4.53. The molecule has 1 fully saturated rings. The van der Waals surface area contributed by atoms with E-state index in [1.54, 1.807) is 0 Å². The minimum absolute atomic E-state index is 0.425. The van der Waals surface area contributed by atoms with E-state index in [2.05, 4.69) is 17.1 Å². The predicted molar refractivity (Wildman–Crippen MR) is 97.0 cm³/mol. The molecule has 136 valence electrons. The van der Waals surface area contributed by atoms with Gasteiger partial charge in [0.15, 0.2) is 0 Å². The van der Waals surface area contributed by atoms with Crippen LogP contribution in [0, 0.1) is 0 Å². The average Bonchev–Trinajstić information content (AvgIpc) is 3.32. The zero-order chi connectivity index (χ0) is 17.5. The van der Waals surface area contributed by atoms with E-state index in [0.717, 1.165) is 43.7 Å². The van der Waals surface area contributed by atoms with Crippen LogP contribution in [0.4, 0.5) is 6.01 Å². The van der Waals surface area contributed by atoms with E-state index in [0.29, 0.717) is 24.6 Å². The third-order valence-corrected chi connectivity index (χ3v) is 4.36. The summed E-state index contributed by atoms with van der Waals surface area (Å²) in [6, 6.07) is 8.30. The summed E-state index contributed by atoms with van der Waals surface area (Å²) in [5.74, 6) is 1.27. The van der Waals surface area contributed by atoms with Crippen LogP contribution in [0.3, 0.4) is 0 Å². The summed E-state index contributed by atoms with van der Waals surface area (Å²) in [5.41, 5.74) is 0.836. The van der Waals surface area contributed by atoms with Crippen molar-refractivity contribution in [3.05, 3.63) is 24.3 Å². The normalized spacial score (nSPS) is 17.0. The molecule has 3 rings (SSSR count). The number of hydrogen-bond acceptors (Lipinski definition) is 6. The SMILES string of the molecule is CCCOc1ccccc1-c1nnc(N(C)CCCC2CCCO2)o1. The Labute approximate surface area is 149 Å². The van der Waals surface area contributed by atoms with Gasteiger partial charge in [0.1, 0.15) is 5.75 Å². The van der Waals surface area contributed by atoms with Gasteiger partial charge in [-0.1, -0.05) is 24.2 Å². The summed E-state index contributed by atoms with van der Waals surface area (Å²) in [5, 5.41) is 8.39. The molecule has 0 saturated carbocycles. The minimum Gasteiger partial charge on any atom is -0.493 e. The number of nitrogens with zero attached hydrogens (tertiary/aromatic N) is 3. The second kappa shape index (κ2) is 8.85. The summed E-state index contributed by atoms with van der Waals surface area (Å²) < 4.78 is 17.3. The van der Waals surface area contributed by atoms with Crippen molar-refractivity contribution in [1.82, 2.24) is 10.2 Å². The predicted octanol–water partition coefficient (Wildman–Crippen LogP) is 3.92.